The maximum atomic E-state index is 6.92. The summed E-state index contributed by atoms with van der Waals surface area (Å²) >= 11 is 6.92. The van der Waals surface area contributed by atoms with E-state index in [0.717, 1.165) is 53.4 Å². The molecule has 154 valence electrons. The summed E-state index contributed by atoms with van der Waals surface area (Å²) in [5.41, 5.74) is 3.80. The number of halogens is 1. The number of imidazole rings is 1. The Labute approximate surface area is 180 Å². The molecule has 0 saturated carbocycles. The second kappa shape index (κ2) is 7.00. The second-order valence-corrected chi connectivity index (χ2v) is 8.95. The van der Waals surface area contributed by atoms with Gasteiger partial charge in [0.05, 0.1) is 29.0 Å². The zero-order valence-corrected chi connectivity index (χ0v) is 17.6. The Hall–Kier alpha value is -2.57. The van der Waals surface area contributed by atoms with Crippen molar-refractivity contribution < 1.29 is 4.74 Å². The second-order valence-electron chi connectivity index (χ2n) is 8.58. The summed E-state index contributed by atoms with van der Waals surface area (Å²) in [6, 6.07) is 11.5. The number of piperidine rings is 1. The van der Waals surface area contributed by atoms with E-state index in [2.05, 4.69) is 25.2 Å². The van der Waals surface area contributed by atoms with E-state index in [1.54, 1.807) is 0 Å². The maximum Gasteiger partial charge on any atom is 0.148 e. The van der Waals surface area contributed by atoms with Gasteiger partial charge < -0.3 is 19.9 Å². The molecule has 0 spiro atoms. The van der Waals surface area contributed by atoms with Gasteiger partial charge in [0, 0.05) is 30.4 Å². The van der Waals surface area contributed by atoms with Gasteiger partial charge in [-0.3, -0.25) is 4.99 Å². The standard InChI is InChI=1S/C23H24ClN5O/c1-13-26-18-5-4-17(12-20(18)27-13)30-21-7-6-19-23(22(21)24)29(9-8-25-19)16-10-14-2-3-15(11-16)28-14/h4-8,12,14-16,28H,2-3,9-11H2,1H3,(H,26,27)/t14-,15+,16?. The largest absolute Gasteiger partial charge is 0.456 e. The lowest BCUT2D eigenvalue weighted by Gasteiger charge is -2.40. The number of aromatic nitrogens is 2. The third-order valence-electron chi connectivity index (χ3n) is 6.54. The number of aliphatic imine (C=N–C) groups is 1. The van der Waals surface area contributed by atoms with E-state index in [0.29, 0.717) is 28.9 Å². The highest BCUT2D eigenvalue weighted by molar-refractivity contribution is 6.35. The van der Waals surface area contributed by atoms with Crippen LogP contribution in [0, 0.1) is 6.92 Å². The number of fused-ring (bicyclic) bond motifs is 4. The van der Waals surface area contributed by atoms with Crippen LogP contribution in [0.2, 0.25) is 5.02 Å². The number of rotatable bonds is 3. The molecule has 0 aliphatic carbocycles. The van der Waals surface area contributed by atoms with Crippen molar-refractivity contribution in [2.45, 2.75) is 50.7 Å². The molecule has 7 heteroatoms. The molecule has 3 aromatic rings. The van der Waals surface area contributed by atoms with E-state index in [1.165, 1.54) is 12.8 Å². The molecule has 3 atom stereocenters. The number of aromatic amines is 1. The Balaban J connectivity index is 1.34. The molecule has 2 bridgehead atoms. The van der Waals surface area contributed by atoms with Crippen LogP contribution in [0.25, 0.3) is 11.0 Å². The zero-order valence-electron chi connectivity index (χ0n) is 16.9. The minimum absolute atomic E-state index is 0.478. The number of anilines is 1. The van der Waals surface area contributed by atoms with Gasteiger partial charge in [-0.05, 0) is 56.9 Å². The topological polar surface area (TPSA) is 65.5 Å². The Bertz CT molecular complexity index is 1140. The van der Waals surface area contributed by atoms with Crippen LogP contribution < -0.4 is 15.0 Å². The number of ether oxygens (including phenoxy) is 1. The van der Waals surface area contributed by atoms with Crippen LogP contribution in [0.1, 0.15) is 31.5 Å². The van der Waals surface area contributed by atoms with Gasteiger partial charge in [-0.1, -0.05) is 11.6 Å². The van der Waals surface area contributed by atoms with Gasteiger partial charge in [0.1, 0.15) is 22.3 Å². The van der Waals surface area contributed by atoms with Gasteiger partial charge in [0.15, 0.2) is 0 Å². The number of nitrogens with one attached hydrogen (secondary N) is 2. The summed E-state index contributed by atoms with van der Waals surface area (Å²) in [4.78, 5) is 14.8. The normalized spacial score (nSPS) is 25.0. The highest BCUT2D eigenvalue weighted by Gasteiger charge is 2.38. The molecule has 0 amide bonds. The number of hydrogen-bond acceptors (Lipinski definition) is 5. The first-order chi connectivity index (χ1) is 14.6. The number of nitrogens with zero attached hydrogens (tertiary/aromatic N) is 3. The third-order valence-corrected chi connectivity index (χ3v) is 6.91. The first kappa shape index (κ1) is 18.2. The summed E-state index contributed by atoms with van der Waals surface area (Å²) in [6.45, 7) is 2.74. The minimum Gasteiger partial charge on any atom is -0.456 e. The summed E-state index contributed by atoms with van der Waals surface area (Å²) in [5, 5.41) is 4.37. The van der Waals surface area contributed by atoms with Gasteiger partial charge in [-0.15, -0.1) is 0 Å². The summed E-state index contributed by atoms with van der Waals surface area (Å²) < 4.78 is 6.21. The third kappa shape index (κ3) is 3.06. The lowest BCUT2D eigenvalue weighted by molar-refractivity contribution is 0.352. The van der Waals surface area contributed by atoms with Crippen molar-refractivity contribution in [3.63, 3.8) is 0 Å². The van der Waals surface area contributed by atoms with Crippen molar-refractivity contribution in [1.82, 2.24) is 15.3 Å². The monoisotopic (exact) mass is 421 g/mol. The first-order valence-corrected chi connectivity index (χ1v) is 11.0. The Morgan fingerprint density at radius 2 is 1.97 bits per heavy atom. The molecule has 2 N–H and O–H groups in total. The Morgan fingerprint density at radius 1 is 1.13 bits per heavy atom. The number of aryl methyl sites for hydroxylation is 1. The van der Waals surface area contributed by atoms with Crippen molar-refractivity contribution in [1.29, 1.82) is 0 Å². The number of benzene rings is 2. The van der Waals surface area contributed by atoms with Crippen molar-refractivity contribution in [2.75, 3.05) is 11.4 Å². The molecule has 6 rings (SSSR count). The van der Waals surface area contributed by atoms with E-state index >= 15 is 0 Å². The fourth-order valence-corrected chi connectivity index (χ4v) is 5.54. The Kier molecular flexibility index (Phi) is 4.25. The van der Waals surface area contributed by atoms with Crippen molar-refractivity contribution in [3.05, 3.63) is 41.2 Å². The van der Waals surface area contributed by atoms with Crippen LogP contribution in [-0.2, 0) is 0 Å². The Morgan fingerprint density at radius 3 is 2.80 bits per heavy atom. The van der Waals surface area contributed by atoms with Gasteiger partial charge >= 0.3 is 0 Å². The zero-order chi connectivity index (χ0) is 20.2. The number of H-pyrrole nitrogens is 1. The van der Waals surface area contributed by atoms with Gasteiger partial charge in [-0.25, -0.2) is 4.98 Å². The highest BCUT2D eigenvalue weighted by Crippen LogP contribution is 2.47. The summed E-state index contributed by atoms with van der Waals surface area (Å²) in [5.74, 6) is 2.28. The van der Waals surface area contributed by atoms with Crippen molar-refractivity contribution >= 4 is 40.2 Å². The fourth-order valence-electron chi connectivity index (χ4n) is 5.23. The molecule has 2 fully saturated rings. The molecule has 2 saturated heterocycles. The molecule has 3 aliphatic heterocycles. The minimum atomic E-state index is 0.478. The van der Waals surface area contributed by atoms with Gasteiger partial charge in [0.2, 0.25) is 0 Å². The average molecular weight is 422 g/mol. The SMILES string of the molecule is Cc1nc2ccc(Oc3ccc4c(c3Cl)N(C3C[C@H]5CC[C@@H](C3)N5)CC=N4)cc2[nH]1. The predicted octanol–water partition coefficient (Wildman–Crippen LogP) is 5.12. The van der Waals surface area contributed by atoms with Crippen LogP contribution in [0.4, 0.5) is 11.4 Å². The highest BCUT2D eigenvalue weighted by atomic mass is 35.5. The van der Waals surface area contributed by atoms with Gasteiger partial charge in [0.25, 0.3) is 0 Å². The molecule has 0 radical (unpaired) electrons. The number of hydrogen-bond donors (Lipinski definition) is 2. The summed E-state index contributed by atoms with van der Waals surface area (Å²) in [7, 11) is 0. The molecule has 2 aromatic carbocycles. The maximum absolute atomic E-state index is 6.92. The molecule has 6 nitrogen and oxygen atoms in total. The fraction of sp³-hybridized carbons (Fsp3) is 0.391. The van der Waals surface area contributed by atoms with Crippen LogP contribution >= 0.6 is 11.6 Å². The summed E-state index contributed by atoms with van der Waals surface area (Å²) in [6.07, 6.45) is 6.87. The van der Waals surface area contributed by atoms with E-state index in [1.807, 2.05) is 43.5 Å². The van der Waals surface area contributed by atoms with E-state index in [-0.39, 0.29) is 0 Å². The van der Waals surface area contributed by atoms with E-state index < -0.39 is 0 Å². The lowest BCUT2D eigenvalue weighted by Crippen LogP contribution is -2.49. The quantitative estimate of drug-likeness (QED) is 0.615. The molecule has 1 unspecified atom stereocenters. The molecular formula is C23H24ClN5O. The van der Waals surface area contributed by atoms with Crippen LogP contribution in [0.3, 0.4) is 0 Å². The molecule has 4 heterocycles. The smallest absolute Gasteiger partial charge is 0.148 e. The average Bonchev–Trinajstić information content (AvgIpc) is 3.29. The molecule has 30 heavy (non-hydrogen) atoms. The predicted molar refractivity (Wildman–Crippen MR) is 121 cm³/mol. The molecule has 1 aromatic heterocycles. The van der Waals surface area contributed by atoms with E-state index in [4.69, 9.17) is 16.3 Å². The van der Waals surface area contributed by atoms with Crippen LogP contribution in [-0.4, -0.2) is 40.9 Å². The van der Waals surface area contributed by atoms with Crippen LogP contribution in [0.15, 0.2) is 35.3 Å². The van der Waals surface area contributed by atoms with Crippen molar-refractivity contribution in [2.24, 2.45) is 4.99 Å². The first-order valence-electron chi connectivity index (χ1n) is 10.7. The molecular weight excluding hydrogens is 398 g/mol. The van der Waals surface area contributed by atoms with Crippen LogP contribution in [0.5, 0.6) is 11.5 Å². The van der Waals surface area contributed by atoms with Crippen molar-refractivity contribution in [3.8, 4) is 11.5 Å². The van der Waals surface area contributed by atoms with E-state index in [9.17, 15) is 0 Å². The van der Waals surface area contributed by atoms with Gasteiger partial charge in [-0.2, -0.15) is 0 Å². The molecule has 3 aliphatic rings. The lowest BCUT2D eigenvalue weighted by atomic mass is 9.97.